The highest BCUT2D eigenvalue weighted by Crippen LogP contribution is 2.69. The zero-order valence-corrected chi connectivity index (χ0v) is 23.2. The molecule has 0 N–H and O–H groups in total. The van der Waals surface area contributed by atoms with E-state index in [9.17, 15) is 19.2 Å². The Kier molecular flexibility index (Phi) is 7.83. The maximum absolute atomic E-state index is 13.5. The Balaban J connectivity index is 1.89. The summed E-state index contributed by atoms with van der Waals surface area (Å²) in [4.78, 5) is 48.4. The first kappa shape index (κ1) is 28.0. The van der Waals surface area contributed by atoms with E-state index in [1.54, 1.807) is 13.0 Å². The predicted molar refractivity (Wildman–Crippen MR) is 141 cm³/mol. The minimum absolute atomic E-state index is 0.000506. The van der Waals surface area contributed by atoms with Crippen LogP contribution < -0.4 is 0 Å². The van der Waals surface area contributed by atoms with E-state index in [1.807, 2.05) is 19.1 Å². The van der Waals surface area contributed by atoms with Gasteiger partial charge in [0.05, 0.1) is 0 Å². The second kappa shape index (κ2) is 10.1. The van der Waals surface area contributed by atoms with Crippen LogP contribution in [0.3, 0.4) is 0 Å². The number of hydrogen-bond acceptors (Lipinski definition) is 5. The van der Waals surface area contributed by atoms with Crippen molar-refractivity contribution in [2.75, 3.05) is 0 Å². The Morgan fingerprint density at radius 2 is 1.56 bits per heavy atom. The molecule has 0 aromatic heterocycles. The summed E-state index contributed by atoms with van der Waals surface area (Å²) in [5.41, 5.74) is 2.08. The normalized spacial score (nSPS) is 35.5. The van der Waals surface area contributed by atoms with Crippen LogP contribution in [0.1, 0.15) is 87.5 Å². The van der Waals surface area contributed by atoms with Crippen LogP contribution in [0, 0.1) is 28.1 Å². The van der Waals surface area contributed by atoms with Gasteiger partial charge in [-0.25, -0.2) is 0 Å². The SMILES string of the molecule is CC(=O)/C=C/C(=O)/C(C)=C/C=C/C(C)=C1/C(=O)C[C@H]2[C@@]3(C)CC[C@H](OC(C)=O)C(C)(C)C3CC[C@]12C. The maximum Gasteiger partial charge on any atom is 0.302 e. The molecule has 0 aliphatic heterocycles. The number of rotatable bonds is 6. The van der Waals surface area contributed by atoms with E-state index in [1.165, 1.54) is 26.0 Å². The Bertz CT molecular complexity index is 1080. The van der Waals surface area contributed by atoms with Crippen LogP contribution in [0.15, 0.2) is 47.1 Å². The van der Waals surface area contributed by atoms with Crippen molar-refractivity contribution >= 4 is 23.3 Å². The number of carbonyl (C=O) groups excluding carboxylic acids is 4. The molecule has 3 fully saturated rings. The molecule has 1 unspecified atom stereocenters. The third-order valence-corrected chi connectivity index (χ3v) is 9.48. The number of fused-ring (bicyclic) bond motifs is 3. The fraction of sp³-hybridized carbons (Fsp3) is 0.613. The highest BCUT2D eigenvalue weighted by atomic mass is 16.5. The summed E-state index contributed by atoms with van der Waals surface area (Å²) >= 11 is 0. The average molecular weight is 495 g/mol. The number of esters is 1. The molecule has 0 aromatic carbocycles. The number of carbonyl (C=O) groups is 4. The standard InChI is InChI=1S/C31H42O5/c1-19(23(34)13-12-21(3)32)10-9-11-20(2)28-24(35)18-26-30(7)17-15-27(36-22(4)33)29(5,6)25(30)14-16-31(26,28)8/h9-13,25-27H,14-18H2,1-8H3/b11-9+,13-12+,19-10+,28-20-/t25?,26-,27-,30-,31-/m0/s1. The van der Waals surface area contributed by atoms with E-state index >= 15 is 0 Å². The van der Waals surface area contributed by atoms with Crippen molar-refractivity contribution in [3.8, 4) is 0 Å². The van der Waals surface area contributed by atoms with Crippen LogP contribution in [0.4, 0.5) is 0 Å². The highest BCUT2D eigenvalue weighted by molar-refractivity contribution is 6.07. The molecule has 5 nitrogen and oxygen atoms in total. The Labute approximate surface area is 216 Å². The van der Waals surface area contributed by atoms with Crippen molar-refractivity contribution in [3.63, 3.8) is 0 Å². The third kappa shape index (κ3) is 4.99. The lowest BCUT2D eigenvalue weighted by Crippen LogP contribution is -2.58. The molecule has 5 heteroatoms. The molecule has 0 amide bonds. The molecular formula is C31H42O5. The predicted octanol–water partition coefficient (Wildman–Crippen LogP) is 6.28. The molecule has 0 heterocycles. The van der Waals surface area contributed by atoms with Gasteiger partial charge in [-0.3, -0.25) is 19.2 Å². The molecule has 0 radical (unpaired) electrons. The van der Waals surface area contributed by atoms with Gasteiger partial charge in [-0.15, -0.1) is 0 Å². The molecular weight excluding hydrogens is 452 g/mol. The molecule has 3 aliphatic carbocycles. The largest absolute Gasteiger partial charge is 0.462 e. The Hall–Kier alpha value is -2.56. The van der Waals surface area contributed by atoms with E-state index in [0.29, 0.717) is 17.9 Å². The highest BCUT2D eigenvalue weighted by Gasteiger charge is 2.65. The summed E-state index contributed by atoms with van der Waals surface area (Å²) < 4.78 is 5.75. The minimum atomic E-state index is -0.220. The van der Waals surface area contributed by atoms with Crippen molar-refractivity contribution in [2.45, 2.75) is 93.6 Å². The van der Waals surface area contributed by atoms with Gasteiger partial charge in [0, 0.05) is 29.7 Å². The Morgan fingerprint density at radius 3 is 2.17 bits per heavy atom. The van der Waals surface area contributed by atoms with E-state index in [0.717, 1.165) is 36.8 Å². The molecule has 0 aromatic rings. The van der Waals surface area contributed by atoms with Gasteiger partial charge < -0.3 is 4.74 Å². The fourth-order valence-corrected chi connectivity index (χ4v) is 7.80. The van der Waals surface area contributed by atoms with Gasteiger partial charge in [-0.2, -0.15) is 0 Å². The molecule has 3 rings (SSSR count). The van der Waals surface area contributed by atoms with Gasteiger partial charge in [0.25, 0.3) is 0 Å². The van der Waals surface area contributed by atoms with E-state index in [4.69, 9.17) is 4.74 Å². The van der Waals surface area contributed by atoms with Crippen LogP contribution in [0.25, 0.3) is 0 Å². The van der Waals surface area contributed by atoms with Crippen molar-refractivity contribution in [2.24, 2.45) is 28.1 Å². The summed E-state index contributed by atoms with van der Waals surface area (Å²) in [5.74, 6) is 0.268. The van der Waals surface area contributed by atoms with Crippen LogP contribution in [-0.4, -0.2) is 29.4 Å². The zero-order chi connectivity index (χ0) is 27.1. The van der Waals surface area contributed by atoms with Crippen molar-refractivity contribution in [1.29, 1.82) is 0 Å². The van der Waals surface area contributed by atoms with Gasteiger partial charge in [-0.05, 0) is 87.0 Å². The quantitative estimate of drug-likeness (QED) is 0.247. The first-order valence-electron chi connectivity index (χ1n) is 13.1. The molecule has 0 spiro atoms. The molecule has 3 aliphatic rings. The molecule has 3 saturated carbocycles. The number of Topliss-reactive ketones (excluding diaryl/α,β-unsaturated/α-hetero) is 1. The van der Waals surface area contributed by atoms with Gasteiger partial charge >= 0.3 is 5.97 Å². The van der Waals surface area contributed by atoms with Crippen LogP contribution in [0.5, 0.6) is 0 Å². The monoisotopic (exact) mass is 494 g/mol. The minimum Gasteiger partial charge on any atom is -0.462 e. The van der Waals surface area contributed by atoms with Crippen LogP contribution in [0.2, 0.25) is 0 Å². The van der Waals surface area contributed by atoms with E-state index in [2.05, 4.69) is 27.7 Å². The lowest BCUT2D eigenvalue weighted by Gasteiger charge is -2.62. The lowest BCUT2D eigenvalue weighted by atomic mass is 9.43. The lowest BCUT2D eigenvalue weighted by molar-refractivity contribution is -0.185. The van der Waals surface area contributed by atoms with Crippen molar-refractivity contribution < 1.29 is 23.9 Å². The van der Waals surface area contributed by atoms with Crippen LogP contribution >= 0.6 is 0 Å². The van der Waals surface area contributed by atoms with Crippen molar-refractivity contribution in [1.82, 2.24) is 0 Å². The number of ether oxygens (including phenoxy) is 1. The first-order valence-corrected chi connectivity index (χ1v) is 13.1. The summed E-state index contributed by atoms with van der Waals surface area (Å²) in [7, 11) is 0. The zero-order valence-electron chi connectivity index (χ0n) is 23.2. The summed E-state index contributed by atoms with van der Waals surface area (Å²) in [6.07, 6.45) is 12.2. The molecule has 0 bridgehead atoms. The third-order valence-electron chi connectivity index (χ3n) is 9.48. The summed E-state index contributed by atoms with van der Waals surface area (Å²) in [6, 6.07) is 0. The number of allylic oxidation sites excluding steroid dienone is 8. The topological polar surface area (TPSA) is 77.5 Å². The molecule has 36 heavy (non-hydrogen) atoms. The maximum atomic E-state index is 13.5. The Morgan fingerprint density at radius 1 is 0.889 bits per heavy atom. The van der Waals surface area contributed by atoms with E-state index in [-0.39, 0.29) is 51.6 Å². The molecule has 5 atom stereocenters. The van der Waals surface area contributed by atoms with Gasteiger partial charge in [0.1, 0.15) is 6.10 Å². The number of hydrogen-bond donors (Lipinski definition) is 0. The second-order valence-corrected chi connectivity index (χ2v) is 12.2. The summed E-state index contributed by atoms with van der Waals surface area (Å²) in [5, 5.41) is 0. The first-order chi connectivity index (χ1) is 16.6. The second-order valence-electron chi connectivity index (χ2n) is 12.2. The van der Waals surface area contributed by atoms with Gasteiger partial charge in [0.15, 0.2) is 17.3 Å². The summed E-state index contributed by atoms with van der Waals surface area (Å²) in [6.45, 7) is 15.7. The smallest absolute Gasteiger partial charge is 0.302 e. The van der Waals surface area contributed by atoms with Gasteiger partial charge in [0.2, 0.25) is 0 Å². The average Bonchev–Trinajstić information content (AvgIpc) is 3.05. The molecule has 0 saturated heterocycles. The fourth-order valence-electron chi connectivity index (χ4n) is 7.80. The van der Waals surface area contributed by atoms with E-state index < -0.39 is 0 Å². The van der Waals surface area contributed by atoms with Gasteiger partial charge in [-0.1, -0.05) is 45.9 Å². The van der Waals surface area contributed by atoms with Crippen LogP contribution in [-0.2, 0) is 23.9 Å². The molecule has 196 valence electrons. The number of ketones is 3. The van der Waals surface area contributed by atoms with Crippen molar-refractivity contribution in [3.05, 3.63) is 47.1 Å².